The van der Waals surface area contributed by atoms with Crippen LogP contribution < -0.4 is 16.8 Å². The highest BCUT2D eigenvalue weighted by Gasteiger charge is 2.21. The molecule has 0 radical (unpaired) electrons. The van der Waals surface area contributed by atoms with Crippen LogP contribution in [0.5, 0.6) is 0 Å². The Bertz CT molecular complexity index is 1000. The number of pyridine rings is 1. The zero-order valence-corrected chi connectivity index (χ0v) is 14.0. The van der Waals surface area contributed by atoms with Crippen molar-refractivity contribution in [1.29, 1.82) is 0 Å². The summed E-state index contributed by atoms with van der Waals surface area (Å²) >= 11 is 0. The summed E-state index contributed by atoms with van der Waals surface area (Å²) in [5.41, 5.74) is 15.0. The Kier molecular flexibility index (Phi) is 4.02. The fourth-order valence-corrected chi connectivity index (χ4v) is 3.45. The third-order valence-electron chi connectivity index (χ3n) is 4.65. The predicted molar refractivity (Wildman–Crippen MR) is 96.5 cm³/mol. The zero-order valence-electron chi connectivity index (χ0n) is 14.0. The maximum atomic E-state index is 13.4. The summed E-state index contributed by atoms with van der Waals surface area (Å²) in [6.07, 6.45) is 3.84. The molecule has 1 aliphatic carbocycles. The molecule has 0 saturated carbocycles. The molecule has 2 aromatic heterocycles. The van der Waals surface area contributed by atoms with Crippen LogP contribution in [0.2, 0.25) is 0 Å². The summed E-state index contributed by atoms with van der Waals surface area (Å²) < 4.78 is 26.5. The topological polar surface area (TPSA) is 103 Å². The molecule has 0 amide bonds. The fraction of sp³-hybridized carbons (Fsp3) is 0.278. The number of fused-ring (bicyclic) bond motifs is 3. The highest BCUT2D eigenvalue weighted by molar-refractivity contribution is 5.92. The van der Waals surface area contributed by atoms with Gasteiger partial charge in [-0.15, -0.1) is 0 Å². The van der Waals surface area contributed by atoms with Crippen LogP contribution in [0.15, 0.2) is 18.2 Å². The number of anilines is 3. The predicted octanol–water partition coefficient (Wildman–Crippen LogP) is 2.96. The van der Waals surface area contributed by atoms with Gasteiger partial charge in [-0.05, 0) is 54.5 Å². The van der Waals surface area contributed by atoms with Crippen LogP contribution in [-0.2, 0) is 19.4 Å². The SMILES string of the molecule is Nc1nc(N)c2c3c(c(NCc4ccc(F)c(F)c4)nc2n1)CCCC3. The normalized spacial score (nSPS) is 13.6. The maximum absolute atomic E-state index is 13.4. The van der Waals surface area contributed by atoms with Crippen molar-refractivity contribution in [3.8, 4) is 0 Å². The van der Waals surface area contributed by atoms with Gasteiger partial charge in [0, 0.05) is 6.54 Å². The Hall–Kier alpha value is -3.03. The third-order valence-corrected chi connectivity index (χ3v) is 4.65. The molecule has 0 saturated heterocycles. The lowest BCUT2D eigenvalue weighted by molar-refractivity contribution is 0.507. The van der Waals surface area contributed by atoms with Gasteiger partial charge >= 0.3 is 0 Å². The minimum atomic E-state index is -0.869. The smallest absolute Gasteiger partial charge is 0.224 e. The number of nitrogens with zero attached hydrogens (tertiary/aromatic N) is 3. The highest BCUT2D eigenvalue weighted by Crippen LogP contribution is 2.34. The molecule has 1 aliphatic rings. The summed E-state index contributed by atoms with van der Waals surface area (Å²) in [7, 11) is 0. The van der Waals surface area contributed by atoms with Gasteiger partial charge < -0.3 is 16.8 Å². The number of nitrogens with two attached hydrogens (primary N) is 2. The van der Waals surface area contributed by atoms with E-state index in [1.165, 1.54) is 12.1 Å². The number of nitrogen functional groups attached to an aromatic ring is 2. The van der Waals surface area contributed by atoms with Crippen molar-refractivity contribution in [2.75, 3.05) is 16.8 Å². The van der Waals surface area contributed by atoms with Crippen LogP contribution in [0.3, 0.4) is 0 Å². The molecule has 6 nitrogen and oxygen atoms in total. The second kappa shape index (κ2) is 6.36. The summed E-state index contributed by atoms with van der Waals surface area (Å²) in [6, 6.07) is 3.83. The van der Waals surface area contributed by atoms with Gasteiger partial charge in [0.15, 0.2) is 17.3 Å². The Morgan fingerprint density at radius 1 is 0.962 bits per heavy atom. The summed E-state index contributed by atoms with van der Waals surface area (Å²) in [6.45, 7) is 0.318. The summed E-state index contributed by atoms with van der Waals surface area (Å²) in [4.78, 5) is 12.8. The first kappa shape index (κ1) is 16.4. The van der Waals surface area contributed by atoms with Crippen molar-refractivity contribution in [3.63, 3.8) is 0 Å². The van der Waals surface area contributed by atoms with Gasteiger partial charge in [-0.2, -0.15) is 9.97 Å². The molecule has 0 spiro atoms. The molecule has 0 aliphatic heterocycles. The largest absolute Gasteiger partial charge is 0.383 e. The molecule has 0 bridgehead atoms. The molecule has 5 N–H and O–H groups in total. The van der Waals surface area contributed by atoms with E-state index in [0.29, 0.717) is 29.4 Å². The number of halogens is 2. The van der Waals surface area contributed by atoms with Gasteiger partial charge in [0.25, 0.3) is 0 Å². The molecule has 134 valence electrons. The van der Waals surface area contributed by atoms with E-state index in [1.54, 1.807) is 0 Å². The molecule has 3 aromatic rings. The van der Waals surface area contributed by atoms with Gasteiger partial charge in [0.1, 0.15) is 11.6 Å². The number of hydrogen-bond acceptors (Lipinski definition) is 6. The van der Waals surface area contributed by atoms with E-state index < -0.39 is 11.6 Å². The van der Waals surface area contributed by atoms with Crippen molar-refractivity contribution in [2.24, 2.45) is 0 Å². The number of aryl methyl sites for hydroxylation is 1. The summed E-state index contributed by atoms with van der Waals surface area (Å²) in [5.74, 6) is -0.645. The molecule has 26 heavy (non-hydrogen) atoms. The molecule has 0 fully saturated rings. The molecule has 0 unspecified atom stereocenters. The van der Waals surface area contributed by atoms with Crippen molar-refractivity contribution < 1.29 is 8.78 Å². The minimum Gasteiger partial charge on any atom is -0.383 e. The van der Waals surface area contributed by atoms with E-state index >= 15 is 0 Å². The van der Waals surface area contributed by atoms with Crippen LogP contribution in [0.4, 0.5) is 26.4 Å². The van der Waals surface area contributed by atoms with Gasteiger partial charge in [0.2, 0.25) is 5.95 Å². The van der Waals surface area contributed by atoms with Crippen LogP contribution in [0.1, 0.15) is 29.5 Å². The maximum Gasteiger partial charge on any atom is 0.224 e. The molecule has 8 heteroatoms. The van der Waals surface area contributed by atoms with Gasteiger partial charge in [-0.25, -0.2) is 13.8 Å². The molecular weight excluding hydrogens is 338 g/mol. The average Bonchev–Trinajstić information content (AvgIpc) is 2.61. The van der Waals surface area contributed by atoms with E-state index in [-0.39, 0.29) is 5.95 Å². The van der Waals surface area contributed by atoms with Crippen LogP contribution >= 0.6 is 0 Å². The number of hydrogen-bond donors (Lipinski definition) is 3. The quantitative estimate of drug-likeness (QED) is 0.667. The van der Waals surface area contributed by atoms with Crippen molar-refractivity contribution in [1.82, 2.24) is 15.0 Å². The first-order valence-corrected chi connectivity index (χ1v) is 8.45. The number of benzene rings is 1. The number of aromatic nitrogens is 3. The standard InChI is InChI=1S/C18H18F2N6/c19-12-6-5-9(7-13(12)20)8-23-16-11-4-2-1-3-10(11)14-15(21)24-18(22)26-17(14)25-16/h5-7H,1-4,8H2,(H5,21,22,23,24,25,26). The zero-order chi connectivity index (χ0) is 18.3. The molecule has 2 heterocycles. The molecule has 1 aromatic carbocycles. The Morgan fingerprint density at radius 3 is 2.50 bits per heavy atom. The Balaban J connectivity index is 1.75. The minimum absolute atomic E-state index is 0.0739. The second-order valence-corrected chi connectivity index (χ2v) is 6.39. The van der Waals surface area contributed by atoms with Gasteiger partial charge in [-0.1, -0.05) is 6.07 Å². The number of nitrogens with one attached hydrogen (secondary N) is 1. The molecule has 4 rings (SSSR count). The first-order valence-electron chi connectivity index (χ1n) is 8.45. The summed E-state index contributed by atoms with van der Waals surface area (Å²) in [5, 5.41) is 3.98. The third kappa shape index (κ3) is 2.87. The van der Waals surface area contributed by atoms with E-state index in [2.05, 4.69) is 20.3 Å². The average molecular weight is 356 g/mol. The van der Waals surface area contributed by atoms with Crippen molar-refractivity contribution in [3.05, 3.63) is 46.5 Å². The monoisotopic (exact) mass is 356 g/mol. The Morgan fingerprint density at radius 2 is 1.73 bits per heavy atom. The lowest BCUT2D eigenvalue weighted by Gasteiger charge is -2.22. The van der Waals surface area contributed by atoms with Crippen molar-refractivity contribution >= 4 is 28.6 Å². The van der Waals surface area contributed by atoms with E-state index in [4.69, 9.17) is 11.5 Å². The number of rotatable bonds is 3. The lowest BCUT2D eigenvalue weighted by atomic mass is 9.90. The van der Waals surface area contributed by atoms with Gasteiger partial charge in [0.05, 0.1) is 5.39 Å². The fourth-order valence-electron chi connectivity index (χ4n) is 3.45. The van der Waals surface area contributed by atoms with E-state index in [1.807, 2.05) is 0 Å². The van der Waals surface area contributed by atoms with Crippen LogP contribution in [-0.4, -0.2) is 15.0 Å². The van der Waals surface area contributed by atoms with Crippen LogP contribution in [0.25, 0.3) is 11.0 Å². The lowest BCUT2D eigenvalue weighted by Crippen LogP contribution is -2.14. The van der Waals surface area contributed by atoms with E-state index in [9.17, 15) is 8.78 Å². The van der Waals surface area contributed by atoms with E-state index in [0.717, 1.165) is 48.3 Å². The van der Waals surface area contributed by atoms with Gasteiger partial charge in [-0.3, -0.25) is 0 Å². The second-order valence-electron chi connectivity index (χ2n) is 6.39. The highest BCUT2D eigenvalue weighted by atomic mass is 19.2. The first-order chi connectivity index (χ1) is 12.5. The molecular formula is C18H18F2N6. The van der Waals surface area contributed by atoms with Crippen molar-refractivity contribution in [2.45, 2.75) is 32.2 Å². The molecule has 0 atom stereocenters. The van der Waals surface area contributed by atoms with Crippen LogP contribution in [0, 0.1) is 11.6 Å². The Labute approximate surface area is 148 Å².